The van der Waals surface area contributed by atoms with Gasteiger partial charge >= 0.3 is 12.1 Å². The molecule has 1 aromatic heterocycles. The molecule has 0 aliphatic heterocycles. The predicted octanol–water partition coefficient (Wildman–Crippen LogP) is 3.82. The van der Waals surface area contributed by atoms with Crippen LogP contribution in [0.1, 0.15) is 32.0 Å². The summed E-state index contributed by atoms with van der Waals surface area (Å²) in [6.45, 7) is -0.108. The van der Waals surface area contributed by atoms with E-state index in [1.807, 2.05) is 0 Å². The predicted molar refractivity (Wildman–Crippen MR) is 110 cm³/mol. The van der Waals surface area contributed by atoms with E-state index in [2.05, 4.69) is 14.8 Å². The Bertz CT molecular complexity index is 1270. The number of amides is 1. The Hall–Kier alpha value is -3.80. The molecule has 1 amide bonds. The first kappa shape index (κ1) is 23.9. The van der Waals surface area contributed by atoms with Crippen molar-refractivity contribution < 1.29 is 40.3 Å². The van der Waals surface area contributed by atoms with Crippen LogP contribution in [0.25, 0.3) is 0 Å². The zero-order valence-electron chi connectivity index (χ0n) is 17.0. The number of hydrogen-bond donors (Lipinski definition) is 2. The van der Waals surface area contributed by atoms with Crippen molar-refractivity contribution in [1.29, 1.82) is 0 Å². The molecule has 0 radical (unpaired) electrons. The Balaban J connectivity index is 1.89. The lowest BCUT2D eigenvalue weighted by molar-refractivity contribution is -0.137. The Labute approximate surface area is 186 Å². The minimum absolute atomic E-state index is 0.0380. The number of rotatable bonds is 7. The summed E-state index contributed by atoms with van der Waals surface area (Å²) in [6, 6.07) is 10.0. The maximum absolute atomic E-state index is 13.0. The molecule has 0 bridgehead atoms. The molecule has 12 heteroatoms. The van der Waals surface area contributed by atoms with Crippen LogP contribution in [0.3, 0.4) is 0 Å². The molecule has 0 unspecified atom stereocenters. The van der Waals surface area contributed by atoms with Gasteiger partial charge in [0.05, 0.1) is 35.1 Å². The minimum atomic E-state index is -4.73. The van der Waals surface area contributed by atoms with Gasteiger partial charge in [-0.2, -0.15) is 13.2 Å². The standard InChI is InChI=1S/C21H17F3N2O6S/c1-31-20(28)14-8-13(12-25-19(27)18-6-3-7-32-18)9-16(10-14)26-33(29,30)17-5-2-4-15(11-17)21(22,23)24/h2-11,26H,12H2,1H3,(H,25,27). The summed E-state index contributed by atoms with van der Waals surface area (Å²) in [5.74, 6) is -1.28. The number of halogens is 3. The van der Waals surface area contributed by atoms with Crippen molar-refractivity contribution in [2.75, 3.05) is 11.8 Å². The highest BCUT2D eigenvalue weighted by Crippen LogP contribution is 2.31. The van der Waals surface area contributed by atoms with Crippen molar-refractivity contribution in [2.24, 2.45) is 0 Å². The molecule has 33 heavy (non-hydrogen) atoms. The van der Waals surface area contributed by atoms with Gasteiger partial charge < -0.3 is 14.5 Å². The molecule has 3 rings (SSSR count). The van der Waals surface area contributed by atoms with Gasteiger partial charge in [0, 0.05) is 6.54 Å². The molecular formula is C21H17F3N2O6S. The summed E-state index contributed by atoms with van der Waals surface area (Å²) < 4.78 is 76.0. The second kappa shape index (κ2) is 9.36. The third kappa shape index (κ3) is 5.92. The van der Waals surface area contributed by atoms with Gasteiger partial charge in [-0.25, -0.2) is 13.2 Å². The number of ether oxygens (including phenoxy) is 1. The monoisotopic (exact) mass is 482 g/mol. The van der Waals surface area contributed by atoms with Crippen LogP contribution in [0.15, 0.2) is 70.2 Å². The topological polar surface area (TPSA) is 115 Å². The first-order valence-electron chi connectivity index (χ1n) is 9.23. The highest BCUT2D eigenvalue weighted by Gasteiger charge is 2.31. The van der Waals surface area contributed by atoms with Gasteiger partial charge in [-0.05, 0) is 54.1 Å². The summed E-state index contributed by atoms with van der Waals surface area (Å²) in [5.41, 5.74) is -0.962. The number of alkyl halides is 3. The first-order valence-corrected chi connectivity index (χ1v) is 10.7. The van der Waals surface area contributed by atoms with Gasteiger partial charge in [-0.3, -0.25) is 9.52 Å². The van der Waals surface area contributed by atoms with Crippen molar-refractivity contribution >= 4 is 27.6 Å². The number of carbonyl (C=O) groups excluding carboxylic acids is 2. The number of hydrogen-bond acceptors (Lipinski definition) is 6. The van der Waals surface area contributed by atoms with E-state index >= 15 is 0 Å². The average molecular weight is 482 g/mol. The maximum Gasteiger partial charge on any atom is 0.416 e. The highest BCUT2D eigenvalue weighted by atomic mass is 32.2. The molecule has 0 saturated heterocycles. The summed E-state index contributed by atoms with van der Waals surface area (Å²) in [7, 11) is -3.31. The zero-order valence-corrected chi connectivity index (χ0v) is 17.8. The summed E-state index contributed by atoms with van der Waals surface area (Å²) >= 11 is 0. The Kier molecular flexibility index (Phi) is 6.77. The summed E-state index contributed by atoms with van der Waals surface area (Å²) in [6.07, 6.45) is -3.41. The van der Waals surface area contributed by atoms with Gasteiger partial charge in [0.1, 0.15) is 0 Å². The molecule has 0 aliphatic rings. The Morgan fingerprint density at radius 2 is 1.82 bits per heavy atom. The van der Waals surface area contributed by atoms with Crippen molar-refractivity contribution in [3.63, 3.8) is 0 Å². The second-order valence-corrected chi connectivity index (χ2v) is 8.38. The van der Waals surface area contributed by atoms with Gasteiger partial charge in [0.2, 0.25) is 0 Å². The zero-order chi connectivity index (χ0) is 24.2. The number of benzene rings is 2. The number of anilines is 1. The van der Waals surface area contributed by atoms with E-state index in [-0.39, 0.29) is 23.6 Å². The van der Waals surface area contributed by atoms with Gasteiger partial charge in [-0.1, -0.05) is 6.07 Å². The van der Waals surface area contributed by atoms with Gasteiger partial charge in [0.15, 0.2) is 5.76 Å². The molecule has 174 valence electrons. The van der Waals surface area contributed by atoms with E-state index in [1.165, 1.54) is 30.5 Å². The van der Waals surface area contributed by atoms with Crippen LogP contribution in [-0.4, -0.2) is 27.4 Å². The van der Waals surface area contributed by atoms with E-state index in [1.54, 1.807) is 0 Å². The normalized spacial score (nSPS) is 11.6. The molecule has 0 fully saturated rings. The van der Waals surface area contributed by atoms with E-state index in [9.17, 15) is 31.2 Å². The van der Waals surface area contributed by atoms with Crippen LogP contribution >= 0.6 is 0 Å². The number of methoxy groups -OCH3 is 1. The number of nitrogens with one attached hydrogen (secondary N) is 2. The van der Waals surface area contributed by atoms with E-state index in [0.717, 1.165) is 31.4 Å². The van der Waals surface area contributed by atoms with Crippen LogP contribution in [-0.2, 0) is 27.5 Å². The molecule has 2 aromatic carbocycles. The number of furan rings is 1. The van der Waals surface area contributed by atoms with E-state index in [0.29, 0.717) is 11.6 Å². The highest BCUT2D eigenvalue weighted by molar-refractivity contribution is 7.92. The fourth-order valence-electron chi connectivity index (χ4n) is 2.82. The molecule has 0 spiro atoms. The SMILES string of the molecule is COC(=O)c1cc(CNC(=O)c2ccco2)cc(NS(=O)(=O)c2cccc(C(F)(F)F)c2)c1. The number of carbonyl (C=O) groups is 2. The van der Waals surface area contributed by atoms with Crippen LogP contribution in [0, 0.1) is 0 Å². The molecular weight excluding hydrogens is 465 g/mol. The fourth-order valence-corrected chi connectivity index (χ4v) is 3.91. The van der Waals surface area contributed by atoms with Gasteiger partial charge in [-0.15, -0.1) is 0 Å². The lowest BCUT2D eigenvalue weighted by Crippen LogP contribution is -2.22. The number of sulfonamides is 1. The van der Waals surface area contributed by atoms with Crippen molar-refractivity contribution in [3.05, 3.63) is 83.3 Å². The second-order valence-electron chi connectivity index (χ2n) is 6.70. The molecule has 3 aromatic rings. The maximum atomic E-state index is 13.0. The van der Waals surface area contributed by atoms with Crippen LogP contribution in [0.5, 0.6) is 0 Å². The lowest BCUT2D eigenvalue weighted by atomic mass is 10.1. The van der Waals surface area contributed by atoms with Crippen molar-refractivity contribution in [3.8, 4) is 0 Å². The third-order valence-electron chi connectivity index (χ3n) is 4.34. The molecule has 0 atom stereocenters. The quantitative estimate of drug-likeness (QED) is 0.495. The smallest absolute Gasteiger partial charge is 0.416 e. The summed E-state index contributed by atoms with van der Waals surface area (Å²) in [5, 5.41) is 2.54. The van der Waals surface area contributed by atoms with Crippen molar-refractivity contribution in [2.45, 2.75) is 17.6 Å². The molecule has 1 heterocycles. The average Bonchev–Trinajstić information content (AvgIpc) is 3.31. The van der Waals surface area contributed by atoms with E-state index < -0.39 is 38.5 Å². The first-order chi connectivity index (χ1) is 15.5. The lowest BCUT2D eigenvalue weighted by Gasteiger charge is -2.13. The fraction of sp³-hybridized carbons (Fsp3) is 0.143. The van der Waals surface area contributed by atoms with Gasteiger partial charge in [0.25, 0.3) is 15.9 Å². The molecule has 0 aliphatic carbocycles. The molecule has 0 saturated carbocycles. The van der Waals surface area contributed by atoms with Crippen LogP contribution in [0.2, 0.25) is 0 Å². The largest absolute Gasteiger partial charge is 0.465 e. The Morgan fingerprint density at radius 3 is 2.45 bits per heavy atom. The van der Waals surface area contributed by atoms with Crippen LogP contribution < -0.4 is 10.0 Å². The Morgan fingerprint density at radius 1 is 1.06 bits per heavy atom. The van der Waals surface area contributed by atoms with Crippen LogP contribution in [0.4, 0.5) is 18.9 Å². The van der Waals surface area contributed by atoms with E-state index in [4.69, 9.17) is 4.42 Å². The summed E-state index contributed by atoms with van der Waals surface area (Å²) in [4.78, 5) is 23.5. The minimum Gasteiger partial charge on any atom is -0.465 e. The number of esters is 1. The third-order valence-corrected chi connectivity index (χ3v) is 5.71. The molecule has 2 N–H and O–H groups in total. The van der Waals surface area contributed by atoms with Crippen molar-refractivity contribution in [1.82, 2.24) is 5.32 Å². The molecule has 8 nitrogen and oxygen atoms in total.